The third kappa shape index (κ3) is 3.75. The second-order valence-electron chi connectivity index (χ2n) is 5.21. The van der Waals surface area contributed by atoms with Crippen molar-refractivity contribution in [1.82, 2.24) is 0 Å². The first-order valence-corrected chi connectivity index (χ1v) is 7.60. The molecule has 2 aromatic carbocycles. The lowest BCUT2D eigenvalue weighted by Crippen LogP contribution is -2.26. The molecule has 0 bridgehead atoms. The number of anilines is 1. The Kier molecular flexibility index (Phi) is 4.69. The van der Waals surface area contributed by atoms with Gasteiger partial charge in [-0.2, -0.15) is 0 Å². The van der Waals surface area contributed by atoms with E-state index >= 15 is 0 Å². The van der Waals surface area contributed by atoms with E-state index in [0.717, 1.165) is 11.3 Å². The zero-order valence-corrected chi connectivity index (χ0v) is 13.1. The fraction of sp³-hybridized carbons (Fsp3) is 0.235. The summed E-state index contributed by atoms with van der Waals surface area (Å²) in [6, 6.07) is 14.2. The first-order chi connectivity index (χ1) is 11.2. The summed E-state index contributed by atoms with van der Waals surface area (Å²) in [5.74, 6) is 0.670. The Labute approximate surface area is 139 Å². The van der Waals surface area contributed by atoms with Gasteiger partial charge in [-0.25, -0.2) is 4.79 Å². The molecule has 120 valence electrons. The quantitative estimate of drug-likeness (QED) is 0.912. The first-order valence-electron chi connectivity index (χ1n) is 7.22. The Bertz CT molecular complexity index is 672. The van der Waals surface area contributed by atoms with Gasteiger partial charge in [0.05, 0.1) is 13.2 Å². The summed E-state index contributed by atoms with van der Waals surface area (Å²) in [6.45, 7) is 0.695. The van der Waals surface area contributed by atoms with Crippen molar-refractivity contribution in [2.45, 2.75) is 12.7 Å². The lowest BCUT2D eigenvalue weighted by atomic mass is 10.2. The van der Waals surface area contributed by atoms with Gasteiger partial charge in [0.1, 0.15) is 12.4 Å². The third-order valence-corrected chi connectivity index (χ3v) is 3.81. The Morgan fingerprint density at radius 1 is 1.17 bits per heavy atom. The van der Waals surface area contributed by atoms with E-state index in [4.69, 9.17) is 26.2 Å². The van der Waals surface area contributed by atoms with Crippen LogP contribution in [0.5, 0.6) is 5.75 Å². The third-order valence-electron chi connectivity index (χ3n) is 3.55. The van der Waals surface area contributed by atoms with Crippen LogP contribution in [0.2, 0.25) is 5.02 Å². The molecule has 6 heteroatoms. The van der Waals surface area contributed by atoms with Crippen LogP contribution in [0.1, 0.15) is 5.56 Å². The van der Waals surface area contributed by atoms with Crippen molar-refractivity contribution in [3.63, 3.8) is 0 Å². The molecule has 0 aromatic heterocycles. The molecular formula is C17H16ClNO4. The van der Waals surface area contributed by atoms with E-state index in [1.165, 1.54) is 0 Å². The fourth-order valence-electron chi connectivity index (χ4n) is 2.32. The smallest absolute Gasteiger partial charge is 0.414 e. The highest BCUT2D eigenvalue weighted by Crippen LogP contribution is 2.24. The molecule has 0 spiro atoms. The molecule has 23 heavy (non-hydrogen) atoms. The summed E-state index contributed by atoms with van der Waals surface area (Å²) in [4.78, 5) is 13.5. The lowest BCUT2D eigenvalue weighted by molar-refractivity contribution is 0.105. The summed E-state index contributed by atoms with van der Waals surface area (Å²) in [5.41, 5.74) is 1.56. The van der Waals surface area contributed by atoms with E-state index in [1.54, 1.807) is 53.4 Å². The van der Waals surface area contributed by atoms with E-state index in [9.17, 15) is 4.79 Å². The van der Waals surface area contributed by atoms with Crippen LogP contribution < -0.4 is 9.64 Å². The van der Waals surface area contributed by atoms with Crippen LogP contribution in [0.3, 0.4) is 0 Å². The number of hydrogen-bond donors (Lipinski definition) is 1. The van der Waals surface area contributed by atoms with Gasteiger partial charge in [0.25, 0.3) is 0 Å². The van der Waals surface area contributed by atoms with Crippen LogP contribution in [-0.4, -0.2) is 30.5 Å². The monoisotopic (exact) mass is 333 g/mol. The molecule has 1 heterocycles. The number of aliphatic hydroxyl groups is 1. The van der Waals surface area contributed by atoms with Crippen LogP contribution >= 0.6 is 11.6 Å². The van der Waals surface area contributed by atoms with Gasteiger partial charge >= 0.3 is 6.09 Å². The second kappa shape index (κ2) is 6.89. The molecule has 0 radical (unpaired) electrons. The van der Waals surface area contributed by atoms with Gasteiger partial charge in [-0.15, -0.1) is 0 Å². The van der Waals surface area contributed by atoms with Gasteiger partial charge in [0, 0.05) is 10.7 Å². The lowest BCUT2D eigenvalue weighted by Gasteiger charge is -2.13. The number of cyclic esters (lactones) is 1. The normalized spacial score (nSPS) is 17.2. The highest BCUT2D eigenvalue weighted by atomic mass is 35.5. The van der Waals surface area contributed by atoms with Crippen LogP contribution in [0.15, 0.2) is 48.5 Å². The molecule has 1 aliphatic rings. The van der Waals surface area contributed by atoms with Crippen molar-refractivity contribution in [3.05, 3.63) is 59.1 Å². The number of benzene rings is 2. The van der Waals surface area contributed by atoms with Crippen LogP contribution in [0, 0.1) is 0 Å². The summed E-state index contributed by atoms with van der Waals surface area (Å²) in [7, 11) is 0. The average Bonchev–Trinajstić information content (AvgIpc) is 2.95. The van der Waals surface area contributed by atoms with E-state index in [2.05, 4.69) is 0 Å². The molecule has 1 aliphatic heterocycles. The van der Waals surface area contributed by atoms with Crippen molar-refractivity contribution in [2.75, 3.05) is 18.1 Å². The number of halogens is 1. The van der Waals surface area contributed by atoms with E-state index < -0.39 is 6.09 Å². The molecule has 0 saturated carbocycles. The Balaban J connectivity index is 1.57. The van der Waals surface area contributed by atoms with Gasteiger partial charge in [-0.1, -0.05) is 23.7 Å². The Morgan fingerprint density at radius 2 is 1.87 bits per heavy atom. The predicted octanol–water partition coefficient (Wildman–Crippen LogP) is 3.24. The maximum absolute atomic E-state index is 12.0. The van der Waals surface area contributed by atoms with Gasteiger partial charge in [-0.3, -0.25) is 4.90 Å². The van der Waals surface area contributed by atoms with Crippen molar-refractivity contribution in [1.29, 1.82) is 0 Å². The maximum atomic E-state index is 12.0. The van der Waals surface area contributed by atoms with E-state index in [1.807, 2.05) is 0 Å². The number of amides is 1. The molecule has 1 N–H and O–H groups in total. The number of ether oxygens (including phenoxy) is 2. The second-order valence-corrected chi connectivity index (χ2v) is 5.64. The maximum Gasteiger partial charge on any atom is 0.414 e. The summed E-state index contributed by atoms with van der Waals surface area (Å²) < 4.78 is 10.9. The van der Waals surface area contributed by atoms with Gasteiger partial charge in [-0.05, 0) is 42.0 Å². The van der Waals surface area contributed by atoms with E-state index in [-0.39, 0.29) is 19.3 Å². The van der Waals surface area contributed by atoms with Crippen molar-refractivity contribution in [2.24, 2.45) is 0 Å². The Hall–Kier alpha value is -2.24. The molecule has 3 rings (SSSR count). The van der Waals surface area contributed by atoms with Crippen molar-refractivity contribution < 1.29 is 19.4 Å². The molecule has 5 nitrogen and oxygen atoms in total. The molecule has 1 saturated heterocycles. The molecule has 1 amide bonds. The summed E-state index contributed by atoms with van der Waals surface area (Å²) in [6.07, 6.45) is -0.729. The van der Waals surface area contributed by atoms with Gasteiger partial charge < -0.3 is 14.6 Å². The summed E-state index contributed by atoms with van der Waals surface area (Å²) in [5, 5.41) is 9.62. The number of aliphatic hydroxyl groups excluding tert-OH is 1. The molecule has 2 aromatic rings. The number of carbonyl (C=O) groups excluding carboxylic acids is 1. The molecule has 1 fully saturated rings. The fourth-order valence-corrected chi connectivity index (χ4v) is 2.45. The standard InChI is InChI=1S/C17H16ClNO4/c18-13-3-5-14(6-4-13)19-9-16(23-17(19)21)11-22-15-7-1-12(10-20)2-8-15/h1-8,16,20H,9-11H2. The zero-order valence-electron chi connectivity index (χ0n) is 12.3. The molecule has 1 unspecified atom stereocenters. The SMILES string of the molecule is O=C1OC(COc2ccc(CO)cc2)CN1c1ccc(Cl)cc1. The minimum Gasteiger partial charge on any atom is -0.490 e. The molecule has 1 atom stereocenters. The molecule has 0 aliphatic carbocycles. The predicted molar refractivity (Wildman–Crippen MR) is 86.9 cm³/mol. The summed E-state index contributed by atoms with van der Waals surface area (Å²) >= 11 is 5.85. The van der Waals surface area contributed by atoms with Crippen molar-refractivity contribution >= 4 is 23.4 Å². The number of rotatable bonds is 5. The van der Waals surface area contributed by atoms with Crippen LogP contribution in [0.25, 0.3) is 0 Å². The van der Waals surface area contributed by atoms with Gasteiger partial charge in [0.15, 0.2) is 6.10 Å². The van der Waals surface area contributed by atoms with Crippen LogP contribution in [0.4, 0.5) is 10.5 Å². The largest absolute Gasteiger partial charge is 0.490 e. The topological polar surface area (TPSA) is 59.0 Å². The number of hydrogen-bond acceptors (Lipinski definition) is 4. The minimum atomic E-state index is -0.392. The van der Waals surface area contributed by atoms with Gasteiger partial charge in [0.2, 0.25) is 0 Å². The molecular weight excluding hydrogens is 318 g/mol. The number of carbonyl (C=O) groups is 1. The highest BCUT2D eigenvalue weighted by molar-refractivity contribution is 6.30. The number of nitrogens with zero attached hydrogens (tertiary/aromatic N) is 1. The minimum absolute atomic E-state index is 0.00340. The zero-order chi connectivity index (χ0) is 16.2. The van der Waals surface area contributed by atoms with Crippen molar-refractivity contribution in [3.8, 4) is 5.75 Å². The average molecular weight is 334 g/mol. The highest BCUT2D eigenvalue weighted by Gasteiger charge is 2.32. The van der Waals surface area contributed by atoms with E-state index in [0.29, 0.717) is 17.3 Å². The first kappa shape index (κ1) is 15.6. The van der Waals surface area contributed by atoms with Crippen LogP contribution in [-0.2, 0) is 11.3 Å². The Morgan fingerprint density at radius 3 is 2.52 bits per heavy atom.